The van der Waals surface area contributed by atoms with Crippen LogP contribution in [0, 0.1) is 5.92 Å². The van der Waals surface area contributed by atoms with Crippen molar-refractivity contribution >= 4 is 0 Å². The summed E-state index contributed by atoms with van der Waals surface area (Å²) >= 11 is 0. The lowest BCUT2D eigenvalue weighted by atomic mass is 9.84. The number of ether oxygens (including phenoxy) is 1. The van der Waals surface area contributed by atoms with Crippen LogP contribution in [0.25, 0.3) is 0 Å². The summed E-state index contributed by atoms with van der Waals surface area (Å²) in [5.74, 6) is 0.142. The molecule has 0 amide bonds. The summed E-state index contributed by atoms with van der Waals surface area (Å²) in [6, 6.07) is 0. The first-order valence-electron chi connectivity index (χ1n) is 4.04. The van der Waals surface area contributed by atoms with Crippen molar-refractivity contribution in [1.29, 1.82) is 0 Å². The molecule has 0 aromatic heterocycles. The van der Waals surface area contributed by atoms with Crippen molar-refractivity contribution < 1.29 is 14.9 Å². The second-order valence-corrected chi connectivity index (χ2v) is 3.36. The van der Waals surface area contributed by atoms with Gasteiger partial charge < -0.3 is 14.9 Å². The van der Waals surface area contributed by atoms with Crippen LogP contribution in [-0.4, -0.2) is 35.6 Å². The third kappa shape index (κ3) is 1.92. The molecule has 3 heteroatoms. The van der Waals surface area contributed by atoms with Gasteiger partial charge >= 0.3 is 0 Å². The van der Waals surface area contributed by atoms with E-state index in [4.69, 9.17) is 4.74 Å². The van der Waals surface area contributed by atoms with Crippen LogP contribution >= 0.6 is 0 Å². The molecule has 66 valence electrons. The maximum Gasteiger partial charge on any atom is 0.0826 e. The Balaban J connectivity index is 2.47. The molecule has 0 saturated heterocycles. The molecular formula is C8H16O3. The van der Waals surface area contributed by atoms with Crippen molar-refractivity contribution in [3.05, 3.63) is 0 Å². The first-order valence-corrected chi connectivity index (χ1v) is 4.04. The van der Waals surface area contributed by atoms with E-state index in [2.05, 4.69) is 0 Å². The molecule has 0 aromatic rings. The summed E-state index contributed by atoms with van der Waals surface area (Å²) < 4.78 is 5.11. The number of aliphatic hydroxyl groups is 2. The first kappa shape index (κ1) is 8.97. The van der Waals surface area contributed by atoms with E-state index in [0.29, 0.717) is 6.42 Å². The minimum Gasteiger partial charge on any atom is -0.390 e. The maximum atomic E-state index is 9.35. The zero-order valence-electron chi connectivity index (χ0n) is 7.03. The van der Waals surface area contributed by atoms with Gasteiger partial charge in [-0.3, -0.25) is 0 Å². The number of methoxy groups -OCH3 is 1. The van der Waals surface area contributed by atoms with E-state index < -0.39 is 12.2 Å². The Morgan fingerprint density at radius 1 is 1.27 bits per heavy atom. The fraction of sp³-hybridized carbons (Fsp3) is 1.00. The van der Waals surface area contributed by atoms with Gasteiger partial charge in [0.05, 0.1) is 18.3 Å². The zero-order valence-corrected chi connectivity index (χ0v) is 7.03. The summed E-state index contributed by atoms with van der Waals surface area (Å²) in [6.45, 7) is 1.93. The van der Waals surface area contributed by atoms with Gasteiger partial charge in [-0.2, -0.15) is 0 Å². The average Bonchev–Trinajstić information content (AvgIpc) is 1.99. The number of aliphatic hydroxyl groups excluding tert-OH is 2. The molecule has 0 bridgehead atoms. The molecule has 1 saturated carbocycles. The third-order valence-electron chi connectivity index (χ3n) is 2.45. The summed E-state index contributed by atoms with van der Waals surface area (Å²) in [4.78, 5) is 0. The Bertz CT molecular complexity index is 115. The molecule has 2 N–H and O–H groups in total. The second kappa shape index (κ2) is 3.52. The van der Waals surface area contributed by atoms with Gasteiger partial charge in [-0.15, -0.1) is 0 Å². The molecule has 0 aliphatic heterocycles. The van der Waals surface area contributed by atoms with Crippen LogP contribution in [-0.2, 0) is 4.74 Å². The molecule has 0 heterocycles. The predicted octanol–water partition coefficient (Wildman–Crippen LogP) is 0.153. The molecule has 1 aliphatic carbocycles. The van der Waals surface area contributed by atoms with Crippen LogP contribution in [0.2, 0.25) is 0 Å². The molecule has 3 nitrogen and oxygen atoms in total. The van der Waals surface area contributed by atoms with E-state index in [1.807, 2.05) is 6.92 Å². The van der Waals surface area contributed by atoms with Gasteiger partial charge in [0, 0.05) is 13.5 Å². The normalized spacial score (nSPS) is 45.8. The smallest absolute Gasteiger partial charge is 0.0826 e. The van der Waals surface area contributed by atoms with Crippen molar-refractivity contribution in [2.45, 2.75) is 38.1 Å². The Morgan fingerprint density at radius 2 is 1.91 bits per heavy atom. The lowest BCUT2D eigenvalue weighted by molar-refractivity contribution is -0.0881. The van der Waals surface area contributed by atoms with Crippen LogP contribution in [0.5, 0.6) is 0 Å². The van der Waals surface area contributed by atoms with Gasteiger partial charge in [0.25, 0.3) is 0 Å². The van der Waals surface area contributed by atoms with Crippen LogP contribution in [0.4, 0.5) is 0 Å². The zero-order chi connectivity index (χ0) is 8.43. The Labute approximate surface area is 67.0 Å². The summed E-state index contributed by atoms with van der Waals surface area (Å²) in [6.07, 6.45) is 0.338. The van der Waals surface area contributed by atoms with Crippen LogP contribution in [0.1, 0.15) is 19.8 Å². The van der Waals surface area contributed by atoms with E-state index >= 15 is 0 Å². The highest BCUT2D eigenvalue weighted by molar-refractivity contribution is 4.84. The monoisotopic (exact) mass is 160 g/mol. The van der Waals surface area contributed by atoms with Crippen molar-refractivity contribution in [2.24, 2.45) is 5.92 Å². The van der Waals surface area contributed by atoms with Crippen molar-refractivity contribution in [3.63, 3.8) is 0 Å². The van der Waals surface area contributed by atoms with Crippen LogP contribution < -0.4 is 0 Å². The second-order valence-electron chi connectivity index (χ2n) is 3.36. The van der Waals surface area contributed by atoms with Gasteiger partial charge in [0.1, 0.15) is 0 Å². The largest absolute Gasteiger partial charge is 0.390 e. The summed E-state index contributed by atoms with van der Waals surface area (Å²) in [5.41, 5.74) is 0. The molecule has 0 spiro atoms. The highest BCUT2D eigenvalue weighted by Gasteiger charge is 2.32. The summed E-state index contributed by atoms with van der Waals surface area (Å²) in [5, 5.41) is 18.7. The number of hydrogen-bond acceptors (Lipinski definition) is 3. The van der Waals surface area contributed by atoms with Crippen molar-refractivity contribution in [2.75, 3.05) is 7.11 Å². The first-order chi connectivity index (χ1) is 5.15. The van der Waals surface area contributed by atoms with Gasteiger partial charge in [-0.05, 0) is 12.3 Å². The van der Waals surface area contributed by atoms with Gasteiger partial charge in [-0.1, -0.05) is 6.92 Å². The molecule has 4 atom stereocenters. The fourth-order valence-corrected chi connectivity index (χ4v) is 1.63. The number of hydrogen-bond donors (Lipinski definition) is 2. The molecule has 4 unspecified atom stereocenters. The van der Waals surface area contributed by atoms with E-state index in [9.17, 15) is 10.2 Å². The Morgan fingerprint density at radius 3 is 2.36 bits per heavy atom. The minimum absolute atomic E-state index is 0.114. The lowest BCUT2D eigenvalue weighted by Crippen LogP contribution is -2.42. The highest BCUT2D eigenvalue weighted by atomic mass is 16.5. The lowest BCUT2D eigenvalue weighted by Gasteiger charge is -2.34. The predicted molar refractivity (Wildman–Crippen MR) is 41.2 cm³/mol. The molecule has 11 heavy (non-hydrogen) atoms. The molecular weight excluding hydrogens is 144 g/mol. The highest BCUT2D eigenvalue weighted by Crippen LogP contribution is 2.26. The standard InChI is InChI=1S/C8H16O3/c1-5-3-6(11-2)4-7(9)8(5)10/h5-10H,3-4H2,1-2H3. The quantitative estimate of drug-likeness (QED) is 0.574. The fourth-order valence-electron chi connectivity index (χ4n) is 1.63. The number of rotatable bonds is 1. The van der Waals surface area contributed by atoms with Gasteiger partial charge in [-0.25, -0.2) is 0 Å². The van der Waals surface area contributed by atoms with Gasteiger partial charge in [0.15, 0.2) is 0 Å². The van der Waals surface area contributed by atoms with Crippen LogP contribution in [0.3, 0.4) is 0 Å². The molecule has 0 radical (unpaired) electrons. The van der Waals surface area contributed by atoms with Crippen LogP contribution in [0.15, 0.2) is 0 Å². The van der Waals surface area contributed by atoms with Crippen molar-refractivity contribution in [1.82, 2.24) is 0 Å². The van der Waals surface area contributed by atoms with E-state index in [1.165, 1.54) is 0 Å². The molecule has 1 fully saturated rings. The molecule has 1 rings (SSSR count). The molecule has 1 aliphatic rings. The van der Waals surface area contributed by atoms with E-state index in [1.54, 1.807) is 7.11 Å². The summed E-state index contributed by atoms with van der Waals surface area (Å²) in [7, 11) is 1.64. The third-order valence-corrected chi connectivity index (χ3v) is 2.45. The molecule has 0 aromatic carbocycles. The average molecular weight is 160 g/mol. The van der Waals surface area contributed by atoms with E-state index in [-0.39, 0.29) is 12.0 Å². The SMILES string of the molecule is COC1CC(C)C(O)C(O)C1. The van der Waals surface area contributed by atoms with Crippen molar-refractivity contribution in [3.8, 4) is 0 Å². The Hall–Kier alpha value is -0.120. The topological polar surface area (TPSA) is 49.7 Å². The van der Waals surface area contributed by atoms with Gasteiger partial charge in [0.2, 0.25) is 0 Å². The minimum atomic E-state index is -0.608. The maximum absolute atomic E-state index is 9.35. The van der Waals surface area contributed by atoms with E-state index in [0.717, 1.165) is 6.42 Å². The Kier molecular flexibility index (Phi) is 2.87.